The average molecular weight is 338 g/mol. The van der Waals surface area contributed by atoms with Gasteiger partial charge in [0.1, 0.15) is 5.92 Å². The predicted octanol–water partition coefficient (Wildman–Crippen LogP) is 2.75. The molecule has 2 aromatic rings. The highest BCUT2D eigenvalue weighted by atomic mass is 16.5. The molecule has 2 unspecified atom stereocenters. The number of benzene rings is 2. The number of nitrogens with one attached hydrogen (secondary N) is 1. The molecule has 2 aromatic carbocycles. The molecule has 1 heterocycles. The molecule has 0 fully saturated rings. The number of aliphatic imine (C=N–C) groups is 1. The van der Waals surface area contributed by atoms with Gasteiger partial charge in [-0.15, -0.1) is 0 Å². The van der Waals surface area contributed by atoms with Crippen molar-refractivity contribution in [1.82, 2.24) is 0 Å². The molecule has 0 aliphatic carbocycles. The van der Waals surface area contributed by atoms with Crippen LogP contribution in [0.3, 0.4) is 0 Å². The molecule has 1 aliphatic rings. The molecule has 0 aromatic heterocycles. The Morgan fingerprint density at radius 1 is 1.28 bits per heavy atom. The van der Waals surface area contributed by atoms with Crippen LogP contribution in [0.5, 0.6) is 11.5 Å². The van der Waals surface area contributed by atoms with E-state index in [2.05, 4.69) is 16.4 Å². The van der Waals surface area contributed by atoms with Gasteiger partial charge in [-0.25, -0.2) is 0 Å². The number of methoxy groups -OCH3 is 2. The zero-order chi connectivity index (χ0) is 18.0. The fourth-order valence-electron chi connectivity index (χ4n) is 2.93. The highest BCUT2D eigenvalue weighted by molar-refractivity contribution is 5.79. The highest BCUT2D eigenvalue weighted by Gasteiger charge is 2.44. The molecule has 0 saturated heterocycles. The first-order valence-electron chi connectivity index (χ1n) is 7.58. The summed E-state index contributed by atoms with van der Waals surface area (Å²) in [6, 6.07) is 12.3. The summed E-state index contributed by atoms with van der Waals surface area (Å²) in [5, 5.41) is 22.8. The minimum Gasteiger partial charge on any atom is -0.504 e. The Kier molecular flexibility index (Phi) is 4.21. The summed E-state index contributed by atoms with van der Waals surface area (Å²) in [7, 11) is 2.98. The molecule has 128 valence electrons. The van der Waals surface area contributed by atoms with Crippen molar-refractivity contribution in [2.24, 2.45) is 10.9 Å². The van der Waals surface area contributed by atoms with Crippen LogP contribution in [0.1, 0.15) is 5.56 Å². The van der Waals surface area contributed by atoms with Crippen LogP contribution in [0.25, 0.3) is 0 Å². The van der Waals surface area contributed by atoms with Crippen LogP contribution in [0.15, 0.2) is 41.4 Å². The first-order chi connectivity index (χ1) is 12.0. The summed E-state index contributed by atoms with van der Waals surface area (Å²) in [5.74, 6) is -0.371. The van der Waals surface area contributed by atoms with Crippen molar-refractivity contribution in [3.05, 3.63) is 42.0 Å². The maximum Gasteiger partial charge on any atom is 0.187 e. The van der Waals surface area contributed by atoms with Gasteiger partial charge in [0.25, 0.3) is 0 Å². The number of rotatable bonds is 4. The van der Waals surface area contributed by atoms with Gasteiger partial charge in [0.05, 0.1) is 18.9 Å². The summed E-state index contributed by atoms with van der Waals surface area (Å²) >= 11 is 0. The quantitative estimate of drug-likeness (QED) is 0.583. The third-order valence-electron chi connectivity index (χ3n) is 4.19. The number of nitriles is 1. The zero-order valence-electron chi connectivity index (χ0n) is 13.9. The molecule has 0 saturated carbocycles. The Morgan fingerprint density at radius 3 is 2.72 bits per heavy atom. The summed E-state index contributed by atoms with van der Waals surface area (Å²) < 4.78 is 10.8. The van der Waals surface area contributed by atoms with Crippen molar-refractivity contribution in [3.63, 3.8) is 0 Å². The molecule has 7 nitrogen and oxygen atoms in total. The topological polar surface area (TPSA) is 113 Å². The fraction of sp³-hybridized carbons (Fsp3) is 0.222. The SMILES string of the molecule is COc1ccc(NC2(OC)c3cc(N)ccc3N=CC2C#N)cc1O. The van der Waals surface area contributed by atoms with Crippen LogP contribution in [-0.4, -0.2) is 25.5 Å². The second-order valence-corrected chi connectivity index (χ2v) is 5.61. The summed E-state index contributed by atoms with van der Waals surface area (Å²) in [4.78, 5) is 4.32. The molecule has 4 N–H and O–H groups in total. The molecule has 2 atom stereocenters. The molecule has 0 bridgehead atoms. The number of phenols is 1. The minimum absolute atomic E-state index is 0.0236. The van der Waals surface area contributed by atoms with E-state index in [0.717, 1.165) is 0 Å². The molecule has 3 rings (SSSR count). The number of fused-ring (bicyclic) bond motifs is 1. The Labute approximate surface area is 145 Å². The third-order valence-corrected chi connectivity index (χ3v) is 4.19. The number of hydrogen-bond donors (Lipinski definition) is 3. The lowest BCUT2D eigenvalue weighted by molar-refractivity contribution is -0.00318. The molecular weight excluding hydrogens is 320 g/mol. The van der Waals surface area contributed by atoms with Crippen molar-refractivity contribution in [1.29, 1.82) is 5.26 Å². The van der Waals surface area contributed by atoms with Gasteiger partial charge in [-0.05, 0) is 30.3 Å². The Morgan fingerprint density at radius 2 is 2.08 bits per heavy atom. The first-order valence-corrected chi connectivity index (χ1v) is 7.58. The van der Waals surface area contributed by atoms with Gasteiger partial charge in [0, 0.05) is 36.3 Å². The maximum atomic E-state index is 10.0. The summed E-state index contributed by atoms with van der Waals surface area (Å²) in [6.45, 7) is 0. The molecular formula is C18H18N4O3. The second-order valence-electron chi connectivity index (χ2n) is 5.61. The number of nitrogens with zero attached hydrogens (tertiary/aromatic N) is 2. The van der Waals surface area contributed by atoms with Gasteiger partial charge in [-0.2, -0.15) is 5.26 Å². The number of phenolic OH excluding ortho intramolecular Hbond substituents is 1. The normalized spacial score (nSPS) is 21.2. The molecule has 0 radical (unpaired) electrons. The number of nitrogen functional groups attached to an aromatic ring is 1. The van der Waals surface area contributed by atoms with Crippen LogP contribution >= 0.6 is 0 Å². The molecule has 7 heteroatoms. The van der Waals surface area contributed by atoms with Gasteiger partial charge in [-0.3, -0.25) is 4.99 Å². The lowest BCUT2D eigenvalue weighted by Gasteiger charge is -2.39. The Bertz CT molecular complexity index is 875. The van der Waals surface area contributed by atoms with Crippen molar-refractivity contribution >= 4 is 23.3 Å². The van der Waals surface area contributed by atoms with Crippen molar-refractivity contribution in [2.45, 2.75) is 5.72 Å². The average Bonchev–Trinajstić information content (AvgIpc) is 2.62. The van der Waals surface area contributed by atoms with Gasteiger partial charge in [0.15, 0.2) is 17.2 Å². The van der Waals surface area contributed by atoms with Gasteiger partial charge < -0.3 is 25.6 Å². The van der Waals surface area contributed by atoms with Crippen LogP contribution in [-0.2, 0) is 10.5 Å². The van der Waals surface area contributed by atoms with Crippen molar-refractivity contribution < 1.29 is 14.6 Å². The van der Waals surface area contributed by atoms with Crippen LogP contribution in [0.4, 0.5) is 17.1 Å². The highest BCUT2D eigenvalue weighted by Crippen LogP contribution is 2.43. The standard InChI is InChI=1S/C18H18N4O3/c1-24-17-6-4-13(8-16(17)23)22-18(25-2)11(9-19)10-21-15-5-3-12(20)7-14(15)18/h3-8,10-11,22-23H,20H2,1-2H3. The molecule has 25 heavy (non-hydrogen) atoms. The number of nitrogens with two attached hydrogens (primary N) is 1. The Hall–Kier alpha value is -3.24. The predicted molar refractivity (Wildman–Crippen MR) is 95.1 cm³/mol. The van der Waals surface area contributed by atoms with E-state index in [1.807, 2.05) is 0 Å². The van der Waals surface area contributed by atoms with Gasteiger partial charge >= 0.3 is 0 Å². The van der Waals surface area contributed by atoms with E-state index in [0.29, 0.717) is 28.4 Å². The van der Waals surface area contributed by atoms with Crippen LogP contribution < -0.4 is 15.8 Å². The van der Waals surface area contributed by atoms with E-state index in [1.165, 1.54) is 20.3 Å². The fourth-order valence-corrected chi connectivity index (χ4v) is 2.93. The van der Waals surface area contributed by atoms with E-state index in [9.17, 15) is 10.4 Å². The van der Waals surface area contributed by atoms with E-state index < -0.39 is 11.6 Å². The summed E-state index contributed by atoms with van der Waals surface area (Å²) in [6.07, 6.45) is 1.54. The zero-order valence-corrected chi connectivity index (χ0v) is 13.9. The lowest BCUT2D eigenvalue weighted by atomic mass is 9.86. The van der Waals surface area contributed by atoms with Gasteiger partial charge in [0.2, 0.25) is 0 Å². The molecule has 0 amide bonds. The van der Waals surface area contributed by atoms with E-state index >= 15 is 0 Å². The minimum atomic E-state index is -1.19. The van der Waals surface area contributed by atoms with Crippen molar-refractivity contribution in [2.75, 3.05) is 25.3 Å². The molecule has 1 aliphatic heterocycles. The monoisotopic (exact) mass is 338 g/mol. The number of aromatic hydroxyl groups is 1. The smallest absolute Gasteiger partial charge is 0.187 e. The second kappa shape index (κ2) is 6.34. The van der Waals surface area contributed by atoms with Gasteiger partial charge in [-0.1, -0.05) is 0 Å². The number of ether oxygens (including phenoxy) is 2. The Balaban J connectivity index is 2.12. The van der Waals surface area contributed by atoms with E-state index in [-0.39, 0.29) is 5.75 Å². The van der Waals surface area contributed by atoms with E-state index in [1.54, 1.807) is 36.5 Å². The largest absolute Gasteiger partial charge is 0.504 e. The first kappa shape index (κ1) is 16.6. The number of hydrogen-bond acceptors (Lipinski definition) is 7. The maximum absolute atomic E-state index is 10.0. The molecule has 0 spiro atoms. The lowest BCUT2D eigenvalue weighted by Crippen LogP contribution is -2.46. The van der Waals surface area contributed by atoms with Crippen molar-refractivity contribution in [3.8, 4) is 17.6 Å². The number of anilines is 2. The van der Waals surface area contributed by atoms with Crippen LogP contribution in [0.2, 0.25) is 0 Å². The van der Waals surface area contributed by atoms with Crippen LogP contribution in [0, 0.1) is 17.2 Å². The van der Waals surface area contributed by atoms with E-state index in [4.69, 9.17) is 15.2 Å². The third kappa shape index (κ3) is 2.73. The summed E-state index contributed by atoms with van der Waals surface area (Å²) in [5.41, 5.74) is 7.14.